The quantitative estimate of drug-likeness (QED) is 0.804. The van der Waals surface area contributed by atoms with E-state index in [1.165, 1.54) is 0 Å². The van der Waals surface area contributed by atoms with E-state index in [2.05, 4.69) is 12.2 Å². The van der Waals surface area contributed by atoms with Crippen LogP contribution < -0.4 is 11.1 Å². The molecule has 2 aromatic rings. The minimum Gasteiger partial charge on any atom is -0.469 e. The van der Waals surface area contributed by atoms with E-state index >= 15 is 0 Å². The van der Waals surface area contributed by atoms with E-state index in [0.29, 0.717) is 16.8 Å². The molecule has 1 aromatic carbocycles. The lowest BCUT2D eigenvalue weighted by molar-refractivity contribution is 0.495. The van der Waals surface area contributed by atoms with Crippen LogP contribution in [0, 0.1) is 0 Å². The van der Waals surface area contributed by atoms with Crippen molar-refractivity contribution in [2.75, 3.05) is 11.1 Å². The number of nitrogens with one attached hydrogen (secondary N) is 1. The normalized spacial score (nSPS) is 12.3. The lowest BCUT2D eigenvalue weighted by atomic mass is 10.1. The van der Waals surface area contributed by atoms with Gasteiger partial charge >= 0.3 is 0 Å². The molecule has 4 heteroatoms. The van der Waals surface area contributed by atoms with Gasteiger partial charge in [0.05, 0.1) is 17.6 Å². The molecule has 0 bridgehead atoms. The Morgan fingerprint density at radius 3 is 2.94 bits per heavy atom. The van der Waals surface area contributed by atoms with Gasteiger partial charge in [0.1, 0.15) is 5.76 Å². The van der Waals surface area contributed by atoms with Crippen molar-refractivity contribution in [3.63, 3.8) is 0 Å². The lowest BCUT2D eigenvalue weighted by Crippen LogP contribution is -2.16. The van der Waals surface area contributed by atoms with Gasteiger partial charge in [-0.1, -0.05) is 11.6 Å². The van der Waals surface area contributed by atoms with E-state index in [9.17, 15) is 0 Å². The third-order valence-electron chi connectivity index (χ3n) is 2.82. The standard InChI is InChI=1S/C14H17ClN2O/c1-10(4-6-12-3-2-8-18-12)17-14-9-11(15)5-7-13(14)16/h2-3,5,7-10,17H,4,6,16H2,1H3. The summed E-state index contributed by atoms with van der Waals surface area (Å²) >= 11 is 5.95. The lowest BCUT2D eigenvalue weighted by Gasteiger charge is -2.16. The molecule has 0 spiro atoms. The highest BCUT2D eigenvalue weighted by atomic mass is 35.5. The molecular weight excluding hydrogens is 248 g/mol. The molecule has 0 aliphatic heterocycles. The highest BCUT2D eigenvalue weighted by Gasteiger charge is 2.06. The summed E-state index contributed by atoms with van der Waals surface area (Å²) in [7, 11) is 0. The first kappa shape index (κ1) is 12.8. The Kier molecular flexibility index (Phi) is 4.15. The number of benzene rings is 1. The van der Waals surface area contributed by atoms with Gasteiger partial charge < -0.3 is 15.5 Å². The maximum Gasteiger partial charge on any atom is 0.103 e. The molecular formula is C14H17ClN2O. The van der Waals surface area contributed by atoms with Crippen LogP contribution in [0.15, 0.2) is 41.0 Å². The van der Waals surface area contributed by atoms with Crippen LogP contribution in [0.1, 0.15) is 19.1 Å². The summed E-state index contributed by atoms with van der Waals surface area (Å²) in [5.74, 6) is 1.00. The predicted molar refractivity (Wildman–Crippen MR) is 76.0 cm³/mol. The van der Waals surface area contributed by atoms with Gasteiger partial charge in [-0.3, -0.25) is 0 Å². The molecule has 0 saturated heterocycles. The molecule has 0 aliphatic carbocycles. The van der Waals surface area contributed by atoms with Crippen LogP contribution in [0.2, 0.25) is 5.02 Å². The highest BCUT2D eigenvalue weighted by molar-refractivity contribution is 6.31. The van der Waals surface area contributed by atoms with Gasteiger partial charge in [-0.2, -0.15) is 0 Å². The van der Waals surface area contributed by atoms with Gasteiger partial charge in [-0.05, 0) is 43.7 Å². The SMILES string of the molecule is CC(CCc1ccco1)Nc1cc(Cl)ccc1N. The van der Waals surface area contributed by atoms with E-state index in [1.54, 1.807) is 12.3 Å². The Bertz CT molecular complexity index is 497. The summed E-state index contributed by atoms with van der Waals surface area (Å²) in [4.78, 5) is 0. The number of aryl methyl sites for hydroxylation is 1. The Labute approximate surface area is 112 Å². The van der Waals surface area contributed by atoms with Gasteiger partial charge in [-0.25, -0.2) is 0 Å². The molecule has 0 fully saturated rings. The van der Waals surface area contributed by atoms with Crippen molar-refractivity contribution in [1.29, 1.82) is 0 Å². The maximum atomic E-state index is 5.95. The van der Waals surface area contributed by atoms with Gasteiger partial charge in [-0.15, -0.1) is 0 Å². The zero-order chi connectivity index (χ0) is 13.0. The Morgan fingerprint density at radius 2 is 2.22 bits per heavy atom. The molecule has 18 heavy (non-hydrogen) atoms. The molecule has 0 saturated carbocycles. The molecule has 3 nitrogen and oxygen atoms in total. The number of hydrogen-bond donors (Lipinski definition) is 2. The summed E-state index contributed by atoms with van der Waals surface area (Å²) in [6, 6.07) is 9.64. The van der Waals surface area contributed by atoms with E-state index in [4.69, 9.17) is 21.8 Å². The van der Waals surface area contributed by atoms with Crippen LogP contribution in [-0.4, -0.2) is 6.04 Å². The fourth-order valence-corrected chi connectivity index (χ4v) is 1.98. The van der Waals surface area contributed by atoms with Crippen LogP contribution in [-0.2, 0) is 6.42 Å². The van der Waals surface area contributed by atoms with Crippen molar-refractivity contribution in [3.8, 4) is 0 Å². The van der Waals surface area contributed by atoms with Crippen LogP contribution >= 0.6 is 11.6 Å². The number of nitrogens with two attached hydrogens (primary N) is 1. The van der Waals surface area contributed by atoms with Crippen molar-refractivity contribution in [2.45, 2.75) is 25.8 Å². The van der Waals surface area contributed by atoms with Crippen molar-refractivity contribution in [2.24, 2.45) is 0 Å². The first-order chi connectivity index (χ1) is 8.65. The summed E-state index contributed by atoms with van der Waals surface area (Å²) in [5, 5.41) is 4.05. The minimum absolute atomic E-state index is 0.302. The number of anilines is 2. The molecule has 1 heterocycles. The second-order valence-corrected chi connectivity index (χ2v) is 4.83. The molecule has 0 radical (unpaired) electrons. The average Bonchev–Trinajstić information content (AvgIpc) is 2.84. The molecule has 96 valence electrons. The number of hydrogen-bond acceptors (Lipinski definition) is 3. The molecule has 0 amide bonds. The summed E-state index contributed by atoms with van der Waals surface area (Å²) < 4.78 is 5.30. The van der Waals surface area contributed by atoms with Crippen molar-refractivity contribution in [3.05, 3.63) is 47.4 Å². The Balaban J connectivity index is 1.90. The van der Waals surface area contributed by atoms with Crippen molar-refractivity contribution >= 4 is 23.0 Å². The van der Waals surface area contributed by atoms with E-state index < -0.39 is 0 Å². The number of furan rings is 1. The average molecular weight is 265 g/mol. The van der Waals surface area contributed by atoms with Crippen LogP contribution in [0.3, 0.4) is 0 Å². The third kappa shape index (κ3) is 3.44. The van der Waals surface area contributed by atoms with Gasteiger partial charge in [0.2, 0.25) is 0 Å². The first-order valence-corrected chi connectivity index (χ1v) is 6.37. The highest BCUT2D eigenvalue weighted by Crippen LogP contribution is 2.24. The summed E-state index contributed by atoms with van der Waals surface area (Å²) in [5.41, 5.74) is 7.48. The number of rotatable bonds is 5. The predicted octanol–water partition coefficient (Wildman–Crippen LogP) is 3.95. The van der Waals surface area contributed by atoms with Gasteiger partial charge in [0, 0.05) is 17.5 Å². The smallest absolute Gasteiger partial charge is 0.103 e. The first-order valence-electron chi connectivity index (χ1n) is 5.99. The summed E-state index contributed by atoms with van der Waals surface area (Å²) in [6.07, 6.45) is 3.57. The van der Waals surface area contributed by atoms with Crippen molar-refractivity contribution < 1.29 is 4.42 Å². The number of halogens is 1. The summed E-state index contributed by atoms with van der Waals surface area (Å²) in [6.45, 7) is 2.11. The maximum absolute atomic E-state index is 5.95. The van der Waals surface area contributed by atoms with E-state index in [1.807, 2.05) is 24.3 Å². The second kappa shape index (κ2) is 5.83. The fraction of sp³-hybridized carbons (Fsp3) is 0.286. The molecule has 1 unspecified atom stereocenters. The van der Waals surface area contributed by atoms with E-state index in [0.717, 1.165) is 24.3 Å². The molecule has 2 rings (SSSR count). The second-order valence-electron chi connectivity index (χ2n) is 4.39. The largest absolute Gasteiger partial charge is 0.469 e. The molecule has 1 atom stereocenters. The minimum atomic E-state index is 0.302. The van der Waals surface area contributed by atoms with E-state index in [-0.39, 0.29) is 0 Å². The Morgan fingerprint density at radius 1 is 1.39 bits per heavy atom. The van der Waals surface area contributed by atoms with Gasteiger partial charge in [0.25, 0.3) is 0 Å². The van der Waals surface area contributed by atoms with Gasteiger partial charge in [0.15, 0.2) is 0 Å². The van der Waals surface area contributed by atoms with Crippen LogP contribution in [0.25, 0.3) is 0 Å². The zero-order valence-electron chi connectivity index (χ0n) is 10.3. The zero-order valence-corrected chi connectivity index (χ0v) is 11.1. The topological polar surface area (TPSA) is 51.2 Å². The molecule has 3 N–H and O–H groups in total. The molecule has 0 aliphatic rings. The fourth-order valence-electron chi connectivity index (χ4n) is 1.80. The number of nitrogen functional groups attached to an aromatic ring is 1. The van der Waals surface area contributed by atoms with Crippen LogP contribution in [0.4, 0.5) is 11.4 Å². The third-order valence-corrected chi connectivity index (χ3v) is 3.06. The molecule has 1 aromatic heterocycles. The van der Waals surface area contributed by atoms with Crippen LogP contribution in [0.5, 0.6) is 0 Å². The monoisotopic (exact) mass is 264 g/mol. The van der Waals surface area contributed by atoms with Crippen molar-refractivity contribution in [1.82, 2.24) is 0 Å². The Hall–Kier alpha value is -1.61.